The van der Waals surface area contributed by atoms with Gasteiger partial charge in [0.25, 0.3) is 0 Å². The number of halogens is 1. The van der Waals surface area contributed by atoms with Crippen LogP contribution in [0.1, 0.15) is 11.7 Å². The molecule has 4 nitrogen and oxygen atoms in total. The van der Waals surface area contributed by atoms with Gasteiger partial charge in [-0.3, -0.25) is 4.79 Å². The van der Waals surface area contributed by atoms with Crippen molar-refractivity contribution in [2.45, 2.75) is 12.2 Å². The van der Waals surface area contributed by atoms with Gasteiger partial charge in [0.15, 0.2) is 0 Å². The molecule has 6 heteroatoms. The van der Waals surface area contributed by atoms with E-state index in [4.69, 9.17) is 0 Å². The molecule has 1 aromatic heterocycles. The molecule has 0 aliphatic heterocycles. The molecule has 16 heavy (non-hydrogen) atoms. The monoisotopic (exact) mass is 303 g/mol. The summed E-state index contributed by atoms with van der Waals surface area (Å²) >= 11 is 4.19. The maximum atomic E-state index is 11.1. The second-order valence-corrected chi connectivity index (χ2v) is 5.10. The zero-order valence-electron chi connectivity index (χ0n) is 8.18. The summed E-state index contributed by atoms with van der Waals surface area (Å²) in [5.74, 6) is 0. The van der Waals surface area contributed by atoms with Crippen molar-refractivity contribution in [2.24, 2.45) is 0 Å². The van der Waals surface area contributed by atoms with E-state index in [2.05, 4.69) is 20.9 Å². The fourth-order valence-corrected chi connectivity index (χ4v) is 2.59. The molecule has 2 unspecified atom stereocenters. The highest BCUT2D eigenvalue weighted by Gasteiger charge is 2.17. The van der Waals surface area contributed by atoms with Gasteiger partial charge in [-0.1, -0.05) is 33.3 Å². The molecule has 2 aromatic rings. The second kappa shape index (κ2) is 4.67. The topological polar surface area (TPSA) is 73.3 Å². The first-order chi connectivity index (χ1) is 7.61. The normalized spacial score (nSPS) is 15.2. The zero-order valence-corrected chi connectivity index (χ0v) is 10.6. The average Bonchev–Trinajstić information content (AvgIpc) is 2.65. The molecule has 3 N–H and O–H groups in total. The van der Waals surface area contributed by atoms with Crippen LogP contribution < -0.4 is 4.87 Å². The van der Waals surface area contributed by atoms with Gasteiger partial charge in [0, 0.05) is 5.33 Å². The number of aliphatic hydroxyl groups excluding tert-OH is 2. The summed E-state index contributed by atoms with van der Waals surface area (Å²) in [6, 6.07) is 5.14. The van der Waals surface area contributed by atoms with Gasteiger partial charge in [-0.25, -0.2) is 0 Å². The van der Waals surface area contributed by atoms with E-state index in [-0.39, 0.29) is 4.87 Å². The van der Waals surface area contributed by atoms with Gasteiger partial charge in [-0.05, 0) is 17.7 Å². The summed E-state index contributed by atoms with van der Waals surface area (Å²) in [5, 5.41) is 19.6. The van der Waals surface area contributed by atoms with Gasteiger partial charge < -0.3 is 15.2 Å². The lowest BCUT2D eigenvalue weighted by Gasteiger charge is -2.15. The van der Waals surface area contributed by atoms with Crippen LogP contribution in [-0.2, 0) is 0 Å². The minimum absolute atomic E-state index is 0.123. The van der Waals surface area contributed by atoms with E-state index in [0.29, 0.717) is 10.9 Å². The van der Waals surface area contributed by atoms with Crippen LogP contribution in [0.25, 0.3) is 10.2 Å². The smallest absolute Gasteiger partial charge is 0.305 e. The number of aromatic nitrogens is 1. The Morgan fingerprint density at radius 1 is 1.44 bits per heavy atom. The van der Waals surface area contributed by atoms with Crippen molar-refractivity contribution in [3.8, 4) is 0 Å². The number of aliphatic hydroxyl groups is 2. The summed E-state index contributed by atoms with van der Waals surface area (Å²) in [6.45, 7) is 0. The Labute approximate surface area is 104 Å². The van der Waals surface area contributed by atoms with Crippen molar-refractivity contribution < 1.29 is 10.2 Å². The molecule has 0 spiro atoms. The predicted octanol–water partition coefficient (Wildman–Crippen LogP) is 1.38. The van der Waals surface area contributed by atoms with Crippen LogP contribution in [-0.4, -0.2) is 26.6 Å². The Morgan fingerprint density at radius 3 is 2.88 bits per heavy atom. The van der Waals surface area contributed by atoms with E-state index in [1.807, 2.05) is 0 Å². The first-order valence-electron chi connectivity index (χ1n) is 4.66. The quantitative estimate of drug-likeness (QED) is 0.750. The van der Waals surface area contributed by atoms with Gasteiger partial charge >= 0.3 is 4.87 Å². The van der Waals surface area contributed by atoms with Crippen LogP contribution in [0.2, 0.25) is 0 Å². The number of rotatable bonds is 3. The number of hydrogen-bond acceptors (Lipinski definition) is 4. The molecule has 2 atom stereocenters. The number of benzene rings is 1. The molecular formula is C10H10BrNO3S. The van der Waals surface area contributed by atoms with Crippen LogP contribution in [0, 0.1) is 0 Å². The van der Waals surface area contributed by atoms with E-state index < -0.39 is 12.2 Å². The van der Waals surface area contributed by atoms with E-state index in [9.17, 15) is 15.0 Å². The Hall–Kier alpha value is -0.690. The second-order valence-electron chi connectivity index (χ2n) is 3.44. The molecular weight excluding hydrogens is 294 g/mol. The first kappa shape index (κ1) is 11.8. The highest BCUT2D eigenvalue weighted by atomic mass is 79.9. The van der Waals surface area contributed by atoms with Crippen LogP contribution in [0.15, 0.2) is 23.0 Å². The van der Waals surface area contributed by atoms with Gasteiger partial charge in [-0.15, -0.1) is 0 Å². The van der Waals surface area contributed by atoms with Crippen molar-refractivity contribution >= 4 is 37.5 Å². The molecule has 2 rings (SSSR count). The molecule has 0 amide bonds. The van der Waals surface area contributed by atoms with Gasteiger partial charge in [-0.2, -0.15) is 0 Å². The van der Waals surface area contributed by atoms with Crippen molar-refractivity contribution in [3.63, 3.8) is 0 Å². The predicted molar refractivity (Wildman–Crippen MR) is 67.2 cm³/mol. The van der Waals surface area contributed by atoms with E-state index in [1.54, 1.807) is 18.2 Å². The summed E-state index contributed by atoms with van der Waals surface area (Å²) in [4.78, 5) is 13.7. The Morgan fingerprint density at radius 2 is 2.19 bits per heavy atom. The highest BCUT2D eigenvalue weighted by molar-refractivity contribution is 9.09. The Balaban J connectivity index is 2.42. The third kappa shape index (κ3) is 2.20. The summed E-state index contributed by atoms with van der Waals surface area (Å²) < 4.78 is 0.781. The third-order valence-electron chi connectivity index (χ3n) is 2.31. The van der Waals surface area contributed by atoms with Crippen molar-refractivity contribution in [1.29, 1.82) is 0 Å². The third-order valence-corrected chi connectivity index (χ3v) is 3.82. The van der Waals surface area contributed by atoms with E-state index in [1.165, 1.54) is 0 Å². The molecule has 0 radical (unpaired) electrons. The number of aromatic amines is 1. The molecule has 1 heterocycles. The number of H-pyrrole nitrogens is 1. The van der Waals surface area contributed by atoms with E-state index in [0.717, 1.165) is 21.6 Å². The Kier molecular flexibility index (Phi) is 3.44. The minimum Gasteiger partial charge on any atom is -0.389 e. The lowest BCUT2D eigenvalue weighted by atomic mass is 10.1. The highest BCUT2D eigenvalue weighted by Crippen LogP contribution is 2.23. The number of alkyl halides is 1. The minimum atomic E-state index is -0.944. The molecule has 0 fully saturated rings. The molecule has 86 valence electrons. The van der Waals surface area contributed by atoms with Crippen molar-refractivity contribution in [3.05, 3.63) is 33.4 Å². The number of nitrogens with one attached hydrogen (secondary N) is 1. The molecule has 0 aliphatic carbocycles. The summed E-state index contributed by atoms with van der Waals surface area (Å²) in [6.07, 6.45) is -1.80. The maximum absolute atomic E-state index is 11.1. The molecule has 0 bridgehead atoms. The molecule has 0 saturated heterocycles. The maximum Gasteiger partial charge on any atom is 0.305 e. The lowest BCUT2D eigenvalue weighted by Crippen LogP contribution is -2.19. The fraction of sp³-hybridized carbons (Fsp3) is 0.300. The average molecular weight is 304 g/mol. The summed E-state index contributed by atoms with van der Waals surface area (Å²) in [7, 11) is 0. The van der Waals surface area contributed by atoms with Gasteiger partial charge in [0.05, 0.1) is 16.3 Å². The van der Waals surface area contributed by atoms with Gasteiger partial charge in [0.1, 0.15) is 6.10 Å². The van der Waals surface area contributed by atoms with Crippen LogP contribution in [0.5, 0.6) is 0 Å². The van der Waals surface area contributed by atoms with Crippen molar-refractivity contribution in [1.82, 2.24) is 4.98 Å². The van der Waals surface area contributed by atoms with Gasteiger partial charge in [0.2, 0.25) is 0 Å². The standard InChI is InChI=1S/C10H10BrNO3S/c11-4-7(13)9(14)5-1-2-6-8(3-5)16-10(15)12-6/h1-3,7,9,13-14H,4H2,(H,12,15). The largest absolute Gasteiger partial charge is 0.389 e. The van der Waals surface area contributed by atoms with E-state index >= 15 is 0 Å². The molecule has 0 saturated carbocycles. The molecule has 0 aliphatic rings. The number of hydrogen-bond donors (Lipinski definition) is 3. The molecule has 1 aromatic carbocycles. The van der Waals surface area contributed by atoms with Crippen LogP contribution in [0.4, 0.5) is 0 Å². The SMILES string of the molecule is O=c1[nH]c2ccc(C(O)C(O)CBr)cc2s1. The first-order valence-corrected chi connectivity index (χ1v) is 6.60. The van der Waals surface area contributed by atoms with Crippen LogP contribution in [0.3, 0.4) is 0 Å². The number of thiazole rings is 1. The van der Waals surface area contributed by atoms with Crippen LogP contribution >= 0.6 is 27.3 Å². The lowest BCUT2D eigenvalue weighted by molar-refractivity contribution is 0.0343. The Bertz CT molecular complexity index is 550. The fourth-order valence-electron chi connectivity index (χ4n) is 1.45. The summed E-state index contributed by atoms with van der Waals surface area (Å²) in [5.41, 5.74) is 1.36. The number of fused-ring (bicyclic) bond motifs is 1. The van der Waals surface area contributed by atoms with Crippen molar-refractivity contribution in [2.75, 3.05) is 5.33 Å². The zero-order chi connectivity index (χ0) is 11.7.